The molecule has 1 aromatic carbocycles. The Labute approximate surface area is 173 Å². The molecule has 1 amide bonds. The minimum Gasteiger partial charge on any atom is -0.373 e. The SMILES string of the molecule is Cc1ccc(CC(=O)N2CCO[C@@H](CN3CCCCC3)[C@@H]2c2cnn(C)c2)cc1. The highest BCUT2D eigenvalue weighted by Crippen LogP contribution is 2.31. The molecule has 0 N–H and O–H groups in total. The molecule has 2 aliphatic rings. The van der Waals surface area contributed by atoms with Crippen molar-refractivity contribution in [3.05, 3.63) is 53.3 Å². The predicted molar refractivity (Wildman–Crippen MR) is 113 cm³/mol. The Morgan fingerprint density at radius 3 is 2.59 bits per heavy atom. The molecule has 0 unspecified atom stereocenters. The third kappa shape index (κ3) is 4.87. The van der Waals surface area contributed by atoms with Crippen LogP contribution in [-0.2, 0) is 23.0 Å². The van der Waals surface area contributed by atoms with Gasteiger partial charge in [0.05, 0.1) is 31.4 Å². The molecule has 0 bridgehead atoms. The molecule has 6 heteroatoms. The number of piperidine rings is 1. The van der Waals surface area contributed by atoms with Gasteiger partial charge in [0.1, 0.15) is 0 Å². The average Bonchev–Trinajstić information content (AvgIpc) is 3.16. The molecule has 4 rings (SSSR count). The lowest BCUT2D eigenvalue weighted by molar-refractivity contribution is -0.148. The number of morpholine rings is 1. The van der Waals surface area contributed by atoms with E-state index in [0.717, 1.165) is 30.8 Å². The summed E-state index contributed by atoms with van der Waals surface area (Å²) >= 11 is 0. The highest BCUT2D eigenvalue weighted by molar-refractivity contribution is 5.79. The second kappa shape index (κ2) is 9.09. The number of benzene rings is 1. The number of aryl methyl sites for hydroxylation is 2. The van der Waals surface area contributed by atoms with E-state index in [9.17, 15) is 4.79 Å². The van der Waals surface area contributed by atoms with E-state index in [-0.39, 0.29) is 18.1 Å². The first-order valence-corrected chi connectivity index (χ1v) is 10.8. The lowest BCUT2D eigenvalue weighted by Crippen LogP contribution is -2.52. The summed E-state index contributed by atoms with van der Waals surface area (Å²) in [6.07, 6.45) is 8.13. The summed E-state index contributed by atoms with van der Waals surface area (Å²) < 4.78 is 8.04. The Bertz CT molecular complexity index is 811. The first-order valence-electron chi connectivity index (χ1n) is 10.8. The summed E-state index contributed by atoms with van der Waals surface area (Å²) in [7, 11) is 1.92. The number of carbonyl (C=O) groups is 1. The number of rotatable bonds is 5. The van der Waals surface area contributed by atoms with Crippen LogP contribution in [0.25, 0.3) is 0 Å². The van der Waals surface area contributed by atoms with Crippen molar-refractivity contribution in [2.75, 3.05) is 32.8 Å². The zero-order valence-corrected chi connectivity index (χ0v) is 17.6. The van der Waals surface area contributed by atoms with Crippen molar-refractivity contribution in [3.8, 4) is 0 Å². The van der Waals surface area contributed by atoms with E-state index in [0.29, 0.717) is 19.6 Å². The van der Waals surface area contributed by atoms with Crippen molar-refractivity contribution >= 4 is 5.91 Å². The number of hydrogen-bond donors (Lipinski definition) is 0. The quantitative estimate of drug-likeness (QED) is 0.780. The standard InChI is InChI=1S/C23H32N4O2/c1-18-6-8-19(9-7-18)14-22(28)27-12-13-29-21(17-26-10-4-3-5-11-26)23(27)20-15-24-25(2)16-20/h6-9,15-16,21,23H,3-5,10-14,17H2,1-2H3/t21-,23-/m0/s1. The number of aromatic nitrogens is 2. The topological polar surface area (TPSA) is 50.6 Å². The Hall–Kier alpha value is -2.18. The van der Waals surface area contributed by atoms with Crippen LogP contribution < -0.4 is 0 Å². The summed E-state index contributed by atoms with van der Waals surface area (Å²) in [5.74, 6) is 0.162. The monoisotopic (exact) mass is 396 g/mol. The van der Waals surface area contributed by atoms with Crippen LogP contribution in [0.4, 0.5) is 0 Å². The summed E-state index contributed by atoms with van der Waals surface area (Å²) in [6.45, 7) is 6.40. The smallest absolute Gasteiger partial charge is 0.227 e. The van der Waals surface area contributed by atoms with Crippen LogP contribution in [0.3, 0.4) is 0 Å². The molecule has 2 saturated heterocycles. The molecule has 6 nitrogen and oxygen atoms in total. The van der Waals surface area contributed by atoms with Gasteiger partial charge >= 0.3 is 0 Å². The van der Waals surface area contributed by atoms with Crippen LogP contribution >= 0.6 is 0 Å². The third-order valence-electron chi connectivity index (χ3n) is 6.10. The van der Waals surface area contributed by atoms with Crippen LogP contribution in [-0.4, -0.2) is 64.4 Å². The van der Waals surface area contributed by atoms with Crippen molar-refractivity contribution in [3.63, 3.8) is 0 Å². The lowest BCUT2D eigenvalue weighted by Gasteiger charge is -2.43. The van der Waals surface area contributed by atoms with Crippen molar-refractivity contribution < 1.29 is 9.53 Å². The average molecular weight is 397 g/mol. The minimum absolute atomic E-state index is 0.0204. The second-order valence-corrected chi connectivity index (χ2v) is 8.41. The van der Waals surface area contributed by atoms with Gasteiger partial charge in [-0.2, -0.15) is 5.10 Å². The highest BCUT2D eigenvalue weighted by Gasteiger charge is 2.38. The molecular weight excluding hydrogens is 364 g/mol. The lowest BCUT2D eigenvalue weighted by atomic mass is 9.98. The van der Waals surface area contributed by atoms with Gasteiger partial charge in [0.2, 0.25) is 5.91 Å². The van der Waals surface area contributed by atoms with E-state index >= 15 is 0 Å². The van der Waals surface area contributed by atoms with Crippen LogP contribution in [0, 0.1) is 6.92 Å². The van der Waals surface area contributed by atoms with Gasteiger partial charge in [-0.3, -0.25) is 9.48 Å². The maximum absolute atomic E-state index is 13.3. The molecule has 2 atom stereocenters. The van der Waals surface area contributed by atoms with Crippen LogP contribution in [0.1, 0.15) is 42.0 Å². The molecule has 0 radical (unpaired) electrons. The van der Waals surface area contributed by atoms with E-state index in [1.165, 1.54) is 24.8 Å². The predicted octanol–water partition coefficient (Wildman–Crippen LogP) is 2.73. The summed E-state index contributed by atoms with van der Waals surface area (Å²) in [6, 6.07) is 8.16. The number of carbonyl (C=O) groups excluding carboxylic acids is 1. The van der Waals surface area contributed by atoms with Crippen LogP contribution in [0.5, 0.6) is 0 Å². The Morgan fingerprint density at radius 2 is 1.90 bits per heavy atom. The molecule has 29 heavy (non-hydrogen) atoms. The first-order chi connectivity index (χ1) is 14.1. The zero-order valence-electron chi connectivity index (χ0n) is 17.6. The number of likely N-dealkylation sites (tertiary alicyclic amines) is 1. The van der Waals surface area contributed by atoms with E-state index in [2.05, 4.69) is 41.2 Å². The molecule has 0 spiro atoms. The highest BCUT2D eigenvalue weighted by atomic mass is 16.5. The van der Waals surface area contributed by atoms with Gasteiger partial charge in [-0.1, -0.05) is 36.2 Å². The fourth-order valence-electron chi connectivity index (χ4n) is 4.53. The summed E-state index contributed by atoms with van der Waals surface area (Å²) in [4.78, 5) is 17.8. The Morgan fingerprint density at radius 1 is 1.14 bits per heavy atom. The molecule has 2 fully saturated rings. The third-order valence-corrected chi connectivity index (χ3v) is 6.10. The maximum Gasteiger partial charge on any atom is 0.227 e. The van der Waals surface area contributed by atoms with Gasteiger partial charge in [-0.25, -0.2) is 0 Å². The van der Waals surface area contributed by atoms with E-state index < -0.39 is 0 Å². The van der Waals surface area contributed by atoms with Crippen molar-refractivity contribution in [1.82, 2.24) is 19.6 Å². The van der Waals surface area contributed by atoms with Gasteiger partial charge in [0, 0.05) is 31.9 Å². The Balaban J connectivity index is 1.54. The number of amides is 1. The van der Waals surface area contributed by atoms with E-state index in [4.69, 9.17) is 4.74 Å². The fraction of sp³-hybridized carbons (Fsp3) is 0.565. The summed E-state index contributed by atoms with van der Waals surface area (Å²) in [5, 5.41) is 4.37. The largest absolute Gasteiger partial charge is 0.373 e. The molecule has 156 valence electrons. The van der Waals surface area contributed by atoms with Crippen molar-refractivity contribution in [2.45, 2.75) is 44.8 Å². The van der Waals surface area contributed by atoms with E-state index in [1.807, 2.05) is 29.0 Å². The van der Waals surface area contributed by atoms with Gasteiger partial charge in [-0.05, 0) is 38.4 Å². The number of hydrogen-bond acceptors (Lipinski definition) is 4. The Kier molecular flexibility index (Phi) is 6.31. The minimum atomic E-state index is -0.0858. The van der Waals surface area contributed by atoms with E-state index in [1.54, 1.807) is 0 Å². The van der Waals surface area contributed by atoms with Gasteiger partial charge in [0.15, 0.2) is 0 Å². The van der Waals surface area contributed by atoms with Crippen molar-refractivity contribution in [2.24, 2.45) is 7.05 Å². The van der Waals surface area contributed by atoms with Gasteiger partial charge in [-0.15, -0.1) is 0 Å². The molecule has 2 aliphatic heterocycles. The van der Waals surface area contributed by atoms with Crippen molar-refractivity contribution in [1.29, 1.82) is 0 Å². The molecule has 3 heterocycles. The molecule has 1 aromatic heterocycles. The normalized spacial score (nSPS) is 23.3. The van der Waals surface area contributed by atoms with Gasteiger partial charge < -0.3 is 14.5 Å². The fourth-order valence-corrected chi connectivity index (χ4v) is 4.53. The first kappa shape index (κ1) is 20.1. The molecular formula is C23H32N4O2. The molecule has 2 aromatic rings. The second-order valence-electron chi connectivity index (χ2n) is 8.41. The maximum atomic E-state index is 13.3. The molecule has 0 saturated carbocycles. The number of nitrogens with zero attached hydrogens (tertiary/aromatic N) is 4. The number of ether oxygens (including phenoxy) is 1. The molecule has 0 aliphatic carbocycles. The van der Waals surface area contributed by atoms with Gasteiger partial charge in [0.25, 0.3) is 0 Å². The van der Waals surface area contributed by atoms with Crippen LogP contribution in [0.2, 0.25) is 0 Å². The van der Waals surface area contributed by atoms with Crippen LogP contribution in [0.15, 0.2) is 36.7 Å². The zero-order chi connectivity index (χ0) is 20.2. The summed E-state index contributed by atoms with van der Waals surface area (Å²) in [5.41, 5.74) is 3.33.